The molecule has 1 saturated heterocycles. The Hall–Kier alpha value is -1.27. The van der Waals surface area contributed by atoms with Crippen LogP contribution >= 0.6 is 11.6 Å². The smallest absolute Gasteiger partial charge is 0.224 e. The molecule has 0 radical (unpaired) electrons. The number of halogens is 1. The van der Waals surface area contributed by atoms with Crippen molar-refractivity contribution in [3.05, 3.63) is 5.02 Å². The lowest BCUT2D eigenvalue weighted by Crippen LogP contribution is -2.27. The Balaban J connectivity index is 2.35. The van der Waals surface area contributed by atoms with Crippen molar-refractivity contribution in [2.75, 3.05) is 29.5 Å². The molecule has 0 saturated carbocycles. The molecule has 1 aliphatic rings. The minimum absolute atomic E-state index is 0.132. The first-order valence-corrected chi connectivity index (χ1v) is 5.04. The summed E-state index contributed by atoms with van der Waals surface area (Å²) in [5.74, 6) is 0.918. The summed E-state index contributed by atoms with van der Waals surface area (Å²) in [6.07, 6.45) is 0.917. The third kappa shape index (κ3) is 1.91. The molecule has 0 aromatic carbocycles. The van der Waals surface area contributed by atoms with Crippen LogP contribution < -0.4 is 22.1 Å². The van der Waals surface area contributed by atoms with E-state index in [0.29, 0.717) is 10.8 Å². The second kappa shape index (κ2) is 3.71. The van der Waals surface area contributed by atoms with Gasteiger partial charge >= 0.3 is 0 Å². The highest BCUT2D eigenvalue weighted by Gasteiger charge is 2.23. The number of hydrogen-bond acceptors (Lipinski definition) is 6. The molecule has 6 nitrogen and oxygen atoms in total. The van der Waals surface area contributed by atoms with Gasteiger partial charge in [-0.2, -0.15) is 9.97 Å². The van der Waals surface area contributed by atoms with Crippen molar-refractivity contribution in [3.8, 4) is 0 Å². The molecule has 1 fully saturated rings. The van der Waals surface area contributed by atoms with Crippen LogP contribution in [0.15, 0.2) is 0 Å². The second-order valence-corrected chi connectivity index (χ2v) is 3.98. The summed E-state index contributed by atoms with van der Waals surface area (Å²) < 4.78 is 0. The van der Waals surface area contributed by atoms with Crippen LogP contribution in [0.25, 0.3) is 0 Å². The van der Waals surface area contributed by atoms with E-state index < -0.39 is 0 Å². The topological polar surface area (TPSA) is 107 Å². The molecule has 0 spiro atoms. The standard InChI is InChI=1S/C8H13ClN6/c9-5-6(11)13-8(12)14-7(5)15-2-1-4(10)3-15/h4H,1-3,10H2,(H4,11,12,13,14)/t4-/m1/s1. The second-order valence-electron chi connectivity index (χ2n) is 3.60. The molecule has 0 amide bonds. The van der Waals surface area contributed by atoms with Crippen molar-refractivity contribution in [3.63, 3.8) is 0 Å². The molecule has 2 rings (SSSR count). The van der Waals surface area contributed by atoms with Gasteiger partial charge < -0.3 is 22.1 Å². The highest BCUT2D eigenvalue weighted by molar-refractivity contribution is 6.35. The molecule has 1 aliphatic heterocycles. The predicted octanol–water partition coefficient (Wildman–Crippen LogP) is -0.168. The molecule has 1 aromatic heterocycles. The molecule has 6 N–H and O–H groups in total. The molecule has 15 heavy (non-hydrogen) atoms. The van der Waals surface area contributed by atoms with E-state index in [1.807, 2.05) is 4.90 Å². The van der Waals surface area contributed by atoms with Gasteiger partial charge in [0, 0.05) is 19.1 Å². The fourth-order valence-electron chi connectivity index (χ4n) is 1.66. The van der Waals surface area contributed by atoms with Gasteiger partial charge in [-0.1, -0.05) is 11.6 Å². The number of nitrogen functional groups attached to an aromatic ring is 2. The highest BCUT2D eigenvalue weighted by Crippen LogP contribution is 2.30. The maximum Gasteiger partial charge on any atom is 0.224 e. The van der Waals surface area contributed by atoms with Crippen LogP contribution in [0.3, 0.4) is 0 Å². The first-order chi connectivity index (χ1) is 7.08. The van der Waals surface area contributed by atoms with E-state index in [1.54, 1.807) is 0 Å². The number of rotatable bonds is 1. The van der Waals surface area contributed by atoms with E-state index in [2.05, 4.69) is 9.97 Å². The SMILES string of the molecule is Nc1nc(N)c(Cl)c(N2CC[C@@H](N)C2)n1. The van der Waals surface area contributed by atoms with Crippen LogP contribution in [-0.4, -0.2) is 29.1 Å². The molecule has 0 aliphatic carbocycles. The maximum absolute atomic E-state index is 6.00. The van der Waals surface area contributed by atoms with Crippen LogP contribution in [0.5, 0.6) is 0 Å². The largest absolute Gasteiger partial charge is 0.382 e. The van der Waals surface area contributed by atoms with Gasteiger partial charge in [0.05, 0.1) is 0 Å². The molecule has 0 bridgehead atoms. The van der Waals surface area contributed by atoms with Crippen molar-refractivity contribution in [1.82, 2.24) is 9.97 Å². The molecule has 2 heterocycles. The molecular weight excluding hydrogens is 216 g/mol. The monoisotopic (exact) mass is 228 g/mol. The normalized spacial score (nSPS) is 20.9. The molecule has 1 aromatic rings. The predicted molar refractivity (Wildman–Crippen MR) is 60.7 cm³/mol. The number of nitrogens with two attached hydrogens (primary N) is 3. The van der Waals surface area contributed by atoms with E-state index in [9.17, 15) is 0 Å². The Morgan fingerprint density at radius 2 is 2.07 bits per heavy atom. The fraction of sp³-hybridized carbons (Fsp3) is 0.500. The number of anilines is 3. The third-order valence-electron chi connectivity index (χ3n) is 2.40. The van der Waals surface area contributed by atoms with Crippen molar-refractivity contribution in [2.45, 2.75) is 12.5 Å². The van der Waals surface area contributed by atoms with E-state index >= 15 is 0 Å². The lowest BCUT2D eigenvalue weighted by molar-refractivity contribution is 0.751. The number of aromatic nitrogens is 2. The minimum atomic E-state index is 0.132. The van der Waals surface area contributed by atoms with Crippen LogP contribution in [0, 0.1) is 0 Å². The van der Waals surface area contributed by atoms with Crippen LogP contribution in [-0.2, 0) is 0 Å². The number of hydrogen-bond donors (Lipinski definition) is 3. The summed E-state index contributed by atoms with van der Waals surface area (Å²) in [6.45, 7) is 1.53. The third-order valence-corrected chi connectivity index (χ3v) is 2.76. The van der Waals surface area contributed by atoms with Gasteiger partial charge in [0.1, 0.15) is 10.8 Å². The summed E-state index contributed by atoms with van der Waals surface area (Å²) in [4.78, 5) is 9.83. The Morgan fingerprint density at radius 1 is 1.33 bits per heavy atom. The average Bonchev–Trinajstić information content (AvgIpc) is 2.58. The molecule has 0 unspecified atom stereocenters. The molecule has 1 atom stereocenters. The summed E-state index contributed by atoms with van der Waals surface area (Å²) in [5.41, 5.74) is 16.9. The molecular formula is C8H13ClN6. The van der Waals surface area contributed by atoms with Crippen molar-refractivity contribution in [2.24, 2.45) is 5.73 Å². The zero-order valence-electron chi connectivity index (χ0n) is 8.15. The van der Waals surface area contributed by atoms with E-state index in [0.717, 1.165) is 19.5 Å². The Morgan fingerprint density at radius 3 is 2.67 bits per heavy atom. The van der Waals surface area contributed by atoms with E-state index in [4.69, 9.17) is 28.8 Å². The zero-order chi connectivity index (χ0) is 11.0. The molecule has 7 heteroatoms. The summed E-state index contributed by atoms with van der Waals surface area (Å²) >= 11 is 6.00. The Kier molecular flexibility index (Phi) is 2.54. The van der Waals surface area contributed by atoms with E-state index in [-0.39, 0.29) is 17.8 Å². The highest BCUT2D eigenvalue weighted by atomic mass is 35.5. The fourth-order valence-corrected chi connectivity index (χ4v) is 1.86. The van der Waals surface area contributed by atoms with Gasteiger partial charge in [-0.3, -0.25) is 0 Å². The lowest BCUT2D eigenvalue weighted by atomic mass is 10.3. The van der Waals surface area contributed by atoms with Gasteiger partial charge in [-0.25, -0.2) is 0 Å². The van der Waals surface area contributed by atoms with Crippen LogP contribution in [0.2, 0.25) is 5.02 Å². The van der Waals surface area contributed by atoms with Crippen molar-refractivity contribution < 1.29 is 0 Å². The Labute approximate surface area is 92.4 Å². The van der Waals surface area contributed by atoms with Gasteiger partial charge in [-0.05, 0) is 6.42 Å². The van der Waals surface area contributed by atoms with Gasteiger partial charge in [0.25, 0.3) is 0 Å². The number of nitrogens with zero attached hydrogens (tertiary/aromatic N) is 3. The zero-order valence-corrected chi connectivity index (χ0v) is 8.91. The first kappa shape index (κ1) is 10.3. The van der Waals surface area contributed by atoms with E-state index in [1.165, 1.54) is 0 Å². The summed E-state index contributed by atoms with van der Waals surface area (Å²) in [5, 5.41) is 0.346. The van der Waals surface area contributed by atoms with Gasteiger partial charge in [0.15, 0.2) is 5.82 Å². The average molecular weight is 229 g/mol. The van der Waals surface area contributed by atoms with Crippen molar-refractivity contribution >= 4 is 29.2 Å². The molecule has 82 valence electrons. The summed E-state index contributed by atoms with van der Waals surface area (Å²) in [7, 11) is 0. The maximum atomic E-state index is 6.00. The quantitative estimate of drug-likeness (QED) is 0.616. The first-order valence-electron chi connectivity index (χ1n) is 4.67. The van der Waals surface area contributed by atoms with Crippen molar-refractivity contribution in [1.29, 1.82) is 0 Å². The van der Waals surface area contributed by atoms with Gasteiger partial charge in [-0.15, -0.1) is 0 Å². The van der Waals surface area contributed by atoms with Crippen LogP contribution in [0.4, 0.5) is 17.6 Å². The minimum Gasteiger partial charge on any atom is -0.382 e. The van der Waals surface area contributed by atoms with Gasteiger partial charge in [0.2, 0.25) is 5.95 Å². The Bertz CT molecular complexity index is 382. The lowest BCUT2D eigenvalue weighted by Gasteiger charge is -2.18. The summed E-state index contributed by atoms with van der Waals surface area (Å²) in [6, 6.07) is 0.151. The van der Waals surface area contributed by atoms with Crippen LogP contribution in [0.1, 0.15) is 6.42 Å².